The third-order valence-corrected chi connectivity index (χ3v) is 8.85. The normalized spacial score (nSPS) is 18.2. The van der Waals surface area contributed by atoms with Crippen LogP contribution in [0.4, 0.5) is 5.69 Å². The van der Waals surface area contributed by atoms with Gasteiger partial charge in [0, 0.05) is 47.4 Å². The fraction of sp³-hybridized carbons (Fsp3) is 0.400. The topological polar surface area (TPSA) is 118 Å². The Kier molecular flexibility index (Phi) is 5.27. The quantitative estimate of drug-likeness (QED) is 0.492. The van der Waals surface area contributed by atoms with E-state index in [1.165, 1.54) is 20.2 Å². The fourth-order valence-corrected chi connectivity index (χ4v) is 6.06. The molecule has 8 nitrogen and oxygen atoms in total. The van der Waals surface area contributed by atoms with Crippen LogP contribution in [0.25, 0.3) is 10.9 Å². The number of aromatic amines is 1. The Labute approximate surface area is 199 Å². The molecule has 34 heavy (non-hydrogen) atoms. The van der Waals surface area contributed by atoms with E-state index in [2.05, 4.69) is 10.3 Å². The second-order valence-corrected chi connectivity index (χ2v) is 12.0. The van der Waals surface area contributed by atoms with Crippen LogP contribution >= 0.6 is 0 Å². The molecule has 4 N–H and O–H groups in total. The highest BCUT2D eigenvalue weighted by atomic mass is 32.2. The van der Waals surface area contributed by atoms with E-state index >= 15 is 0 Å². The van der Waals surface area contributed by atoms with E-state index in [1.807, 2.05) is 26.0 Å². The van der Waals surface area contributed by atoms with Crippen molar-refractivity contribution < 1.29 is 17.9 Å². The Morgan fingerprint density at radius 2 is 1.82 bits per heavy atom. The molecule has 2 aliphatic rings. The molecule has 0 unspecified atom stereocenters. The van der Waals surface area contributed by atoms with E-state index in [0.29, 0.717) is 22.6 Å². The fourth-order valence-electron chi connectivity index (χ4n) is 5.04. The van der Waals surface area contributed by atoms with Gasteiger partial charge in [-0.25, -0.2) is 12.7 Å². The molecule has 1 aliphatic carbocycles. The van der Waals surface area contributed by atoms with Gasteiger partial charge in [-0.2, -0.15) is 0 Å². The number of nitrogens with one attached hydrogen (secondary N) is 2. The Morgan fingerprint density at radius 3 is 2.50 bits per heavy atom. The highest BCUT2D eigenvalue weighted by molar-refractivity contribution is 7.89. The molecule has 2 heterocycles. The third kappa shape index (κ3) is 3.41. The van der Waals surface area contributed by atoms with Gasteiger partial charge in [0.25, 0.3) is 0 Å². The SMILES string of the molecule is CN(C)S(=O)(=O)c1cc2c(cc1OC1CCNCC1)C(C)(C)c1[nH]c3cc(N)ccc3c1C2=O. The van der Waals surface area contributed by atoms with Gasteiger partial charge in [-0.05, 0) is 55.8 Å². The lowest BCUT2D eigenvalue weighted by molar-refractivity contribution is 0.103. The number of carbonyl (C=O) groups is 1. The Hall–Kier alpha value is -2.88. The van der Waals surface area contributed by atoms with Crippen LogP contribution in [0.3, 0.4) is 0 Å². The minimum atomic E-state index is -3.85. The van der Waals surface area contributed by atoms with E-state index in [-0.39, 0.29) is 16.8 Å². The number of piperidine rings is 1. The molecular formula is C25H30N4O4S. The second kappa shape index (κ2) is 7.83. The maximum atomic E-state index is 13.8. The summed E-state index contributed by atoms with van der Waals surface area (Å²) in [5, 5.41) is 4.07. The summed E-state index contributed by atoms with van der Waals surface area (Å²) in [6.07, 6.45) is 1.48. The van der Waals surface area contributed by atoms with Crippen LogP contribution < -0.4 is 15.8 Å². The van der Waals surface area contributed by atoms with Crippen LogP contribution in [0.1, 0.15) is 53.9 Å². The lowest BCUT2D eigenvalue weighted by Gasteiger charge is -2.34. The first kappa shape index (κ1) is 22.9. The standard InChI is InChI=1S/C25H30N4O4S/c1-25(2)18-13-20(33-15-7-9-27-10-8-15)21(34(31,32)29(3)4)12-17(18)23(30)22-16-6-5-14(26)11-19(16)28-24(22)25/h5-6,11-13,15,27-28H,7-10,26H2,1-4H3. The molecule has 0 saturated carbocycles. The number of H-pyrrole nitrogens is 1. The molecule has 2 aromatic carbocycles. The van der Waals surface area contributed by atoms with E-state index in [4.69, 9.17) is 10.5 Å². The zero-order valence-electron chi connectivity index (χ0n) is 19.9. The molecule has 1 fully saturated rings. The predicted molar refractivity (Wildman–Crippen MR) is 132 cm³/mol. The van der Waals surface area contributed by atoms with Crippen LogP contribution in [-0.2, 0) is 15.4 Å². The predicted octanol–water partition coefficient (Wildman–Crippen LogP) is 3.00. The van der Waals surface area contributed by atoms with Crippen molar-refractivity contribution in [1.29, 1.82) is 0 Å². The van der Waals surface area contributed by atoms with Crippen molar-refractivity contribution in [2.45, 2.75) is 43.1 Å². The van der Waals surface area contributed by atoms with Crippen LogP contribution in [0, 0.1) is 0 Å². The number of nitrogens with two attached hydrogens (primary N) is 1. The summed E-state index contributed by atoms with van der Waals surface area (Å²) in [5.41, 5.74) is 9.26. The minimum absolute atomic E-state index is 0.0199. The van der Waals surface area contributed by atoms with Gasteiger partial charge in [0.15, 0.2) is 5.78 Å². The molecule has 0 spiro atoms. The van der Waals surface area contributed by atoms with Crippen molar-refractivity contribution in [1.82, 2.24) is 14.6 Å². The minimum Gasteiger partial charge on any atom is -0.489 e. The number of hydrogen-bond acceptors (Lipinski definition) is 6. The van der Waals surface area contributed by atoms with Gasteiger partial charge in [0.05, 0.1) is 5.56 Å². The zero-order chi connectivity index (χ0) is 24.4. The van der Waals surface area contributed by atoms with Crippen molar-refractivity contribution in [2.24, 2.45) is 0 Å². The number of carbonyl (C=O) groups excluding carboxylic acids is 1. The number of nitrogen functional groups attached to an aromatic ring is 1. The van der Waals surface area contributed by atoms with Gasteiger partial charge < -0.3 is 20.8 Å². The summed E-state index contributed by atoms with van der Waals surface area (Å²) in [6.45, 7) is 5.70. The summed E-state index contributed by atoms with van der Waals surface area (Å²) in [5.74, 6) is 0.0907. The Balaban J connectivity index is 1.74. The smallest absolute Gasteiger partial charge is 0.246 e. The van der Waals surface area contributed by atoms with Crippen molar-refractivity contribution in [3.63, 3.8) is 0 Å². The van der Waals surface area contributed by atoms with Crippen LogP contribution in [0.2, 0.25) is 0 Å². The average Bonchev–Trinajstić information content (AvgIpc) is 3.18. The number of aromatic nitrogens is 1. The van der Waals surface area contributed by atoms with E-state index in [9.17, 15) is 13.2 Å². The first-order chi connectivity index (χ1) is 16.0. The van der Waals surface area contributed by atoms with Crippen molar-refractivity contribution in [3.8, 4) is 5.75 Å². The molecule has 3 aromatic rings. The summed E-state index contributed by atoms with van der Waals surface area (Å²) in [7, 11) is -0.882. The Bertz CT molecular complexity index is 1420. The van der Waals surface area contributed by atoms with Crippen molar-refractivity contribution in [2.75, 3.05) is 32.9 Å². The van der Waals surface area contributed by atoms with Crippen molar-refractivity contribution >= 4 is 32.4 Å². The molecule has 1 aliphatic heterocycles. The van der Waals surface area contributed by atoms with Crippen molar-refractivity contribution in [3.05, 3.63) is 52.7 Å². The largest absolute Gasteiger partial charge is 0.489 e. The van der Waals surface area contributed by atoms with Crippen LogP contribution in [0.5, 0.6) is 5.75 Å². The van der Waals surface area contributed by atoms with Gasteiger partial charge in [-0.3, -0.25) is 4.79 Å². The maximum Gasteiger partial charge on any atom is 0.246 e. The van der Waals surface area contributed by atoms with Gasteiger partial charge in [0.2, 0.25) is 10.0 Å². The molecule has 0 atom stereocenters. The number of benzene rings is 2. The molecule has 0 bridgehead atoms. The number of rotatable bonds is 4. The molecule has 180 valence electrons. The van der Waals surface area contributed by atoms with Gasteiger partial charge >= 0.3 is 0 Å². The number of hydrogen-bond donors (Lipinski definition) is 3. The summed E-state index contributed by atoms with van der Waals surface area (Å²) in [4.78, 5) is 17.2. The third-order valence-electron chi connectivity index (χ3n) is 7.01. The highest BCUT2D eigenvalue weighted by Crippen LogP contribution is 2.46. The van der Waals surface area contributed by atoms with Gasteiger partial charge in [-0.1, -0.05) is 19.9 Å². The maximum absolute atomic E-state index is 13.8. The van der Waals surface area contributed by atoms with E-state index in [1.54, 1.807) is 12.1 Å². The van der Waals surface area contributed by atoms with Gasteiger partial charge in [0.1, 0.15) is 16.7 Å². The molecule has 1 saturated heterocycles. The van der Waals surface area contributed by atoms with E-state index < -0.39 is 15.4 Å². The first-order valence-corrected chi connectivity index (χ1v) is 12.9. The zero-order valence-corrected chi connectivity index (χ0v) is 20.7. The molecule has 9 heteroatoms. The lowest BCUT2D eigenvalue weighted by atomic mass is 9.71. The summed E-state index contributed by atoms with van der Waals surface area (Å²) >= 11 is 0. The second-order valence-electron chi connectivity index (χ2n) is 9.83. The summed E-state index contributed by atoms with van der Waals surface area (Å²) < 4.78 is 34.0. The number of ketones is 1. The number of ether oxygens (including phenoxy) is 1. The van der Waals surface area contributed by atoms with Crippen LogP contribution in [0.15, 0.2) is 35.2 Å². The number of anilines is 1. The molecule has 1 aromatic heterocycles. The number of fused-ring (bicyclic) bond motifs is 4. The number of sulfonamides is 1. The monoisotopic (exact) mass is 482 g/mol. The molecule has 5 rings (SSSR count). The average molecular weight is 483 g/mol. The summed E-state index contributed by atoms with van der Waals surface area (Å²) in [6, 6.07) is 8.68. The van der Waals surface area contributed by atoms with E-state index in [0.717, 1.165) is 52.4 Å². The Morgan fingerprint density at radius 1 is 1.12 bits per heavy atom. The molecule has 0 radical (unpaired) electrons. The molecule has 0 amide bonds. The highest BCUT2D eigenvalue weighted by Gasteiger charge is 2.42. The lowest BCUT2D eigenvalue weighted by Crippen LogP contribution is -2.35. The van der Waals surface area contributed by atoms with Gasteiger partial charge in [-0.15, -0.1) is 0 Å². The van der Waals surface area contributed by atoms with Crippen LogP contribution in [-0.4, -0.2) is 56.8 Å². The number of nitrogens with zero attached hydrogens (tertiary/aromatic N) is 1. The molecular weight excluding hydrogens is 452 g/mol. The first-order valence-electron chi connectivity index (χ1n) is 11.5.